The van der Waals surface area contributed by atoms with Crippen molar-refractivity contribution in [1.82, 2.24) is 0 Å². The molecule has 0 aliphatic heterocycles. The SMILES string of the molecule is F.F.F.N=C(N)N. The second kappa shape index (κ2) is 19.7. The lowest BCUT2D eigenvalue weighted by molar-refractivity contribution is 1.11. The molecule has 48 valence electrons. The van der Waals surface area contributed by atoms with Crippen molar-refractivity contribution >= 4 is 5.96 Å². The number of rotatable bonds is 0. The Kier molecular flexibility index (Phi) is 103. The van der Waals surface area contributed by atoms with Gasteiger partial charge in [-0.15, -0.1) is 0 Å². The summed E-state index contributed by atoms with van der Waals surface area (Å²) in [6, 6.07) is 0. The van der Waals surface area contributed by atoms with Crippen LogP contribution in [-0.4, -0.2) is 5.96 Å². The fourth-order valence-corrected chi connectivity index (χ4v) is 0. The molecule has 0 rings (SSSR count). The summed E-state index contributed by atoms with van der Waals surface area (Å²) in [7, 11) is 0. The third-order valence-electron chi connectivity index (χ3n) is 0. The summed E-state index contributed by atoms with van der Waals surface area (Å²) in [6.45, 7) is 0. The highest BCUT2D eigenvalue weighted by molar-refractivity contribution is 5.71. The van der Waals surface area contributed by atoms with E-state index in [-0.39, 0.29) is 20.1 Å². The number of halogens is 3. The van der Waals surface area contributed by atoms with Crippen LogP contribution in [0.4, 0.5) is 14.1 Å². The summed E-state index contributed by atoms with van der Waals surface area (Å²) >= 11 is 0. The molecule has 0 aliphatic rings. The summed E-state index contributed by atoms with van der Waals surface area (Å²) in [6.07, 6.45) is 0. The van der Waals surface area contributed by atoms with E-state index in [0.717, 1.165) is 0 Å². The topological polar surface area (TPSA) is 75.9 Å². The van der Waals surface area contributed by atoms with Crippen LogP contribution < -0.4 is 11.5 Å². The number of hydrogen-bond donors (Lipinski definition) is 3. The van der Waals surface area contributed by atoms with E-state index in [1.807, 2.05) is 0 Å². The Morgan fingerprint density at radius 1 is 1.00 bits per heavy atom. The van der Waals surface area contributed by atoms with Gasteiger partial charge in [0.05, 0.1) is 0 Å². The number of nitrogens with one attached hydrogen (secondary N) is 1. The van der Waals surface area contributed by atoms with Crippen LogP contribution in [0, 0.1) is 5.41 Å². The smallest absolute Gasteiger partial charge is 0.183 e. The summed E-state index contributed by atoms with van der Waals surface area (Å²) in [5, 5.41) is 6.06. The third kappa shape index (κ3) is 53.6. The van der Waals surface area contributed by atoms with Gasteiger partial charge in [0.1, 0.15) is 0 Å². The van der Waals surface area contributed by atoms with Crippen molar-refractivity contribution in [2.75, 3.05) is 0 Å². The van der Waals surface area contributed by atoms with E-state index >= 15 is 0 Å². The number of hydrogen-bond acceptors (Lipinski definition) is 1. The minimum atomic E-state index is -0.333. The van der Waals surface area contributed by atoms with Gasteiger partial charge in [0.15, 0.2) is 5.96 Å². The average molecular weight is 119 g/mol. The second-order valence-electron chi connectivity index (χ2n) is 0.455. The summed E-state index contributed by atoms with van der Waals surface area (Å²) in [5.41, 5.74) is 8.94. The zero-order valence-corrected chi connectivity index (χ0v) is 3.38. The molecule has 6 heteroatoms. The second-order valence-corrected chi connectivity index (χ2v) is 0.455. The molecular weight excluding hydrogens is 111 g/mol. The Morgan fingerprint density at radius 2 is 1.00 bits per heavy atom. The highest BCUT2D eigenvalue weighted by Gasteiger charge is 1.52. The van der Waals surface area contributed by atoms with Crippen LogP contribution in [0.25, 0.3) is 0 Å². The maximum absolute atomic E-state index is 6.06. The van der Waals surface area contributed by atoms with Gasteiger partial charge in [-0.2, -0.15) is 0 Å². The van der Waals surface area contributed by atoms with Gasteiger partial charge in [0.2, 0.25) is 0 Å². The fraction of sp³-hybridized carbons (Fsp3) is 0. The van der Waals surface area contributed by atoms with E-state index in [1.165, 1.54) is 0 Å². The molecule has 0 aromatic carbocycles. The van der Waals surface area contributed by atoms with E-state index in [2.05, 4.69) is 11.5 Å². The monoisotopic (exact) mass is 119 g/mol. The summed E-state index contributed by atoms with van der Waals surface area (Å²) in [4.78, 5) is 0. The van der Waals surface area contributed by atoms with Crippen LogP contribution in [0.5, 0.6) is 0 Å². The molecule has 7 heavy (non-hydrogen) atoms. The standard InChI is InChI=1S/CH5N3.3FH/c2-1(3)4;;;/h(H5,2,3,4);3*1H. The van der Waals surface area contributed by atoms with E-state index in [4.69, 9.17) is 5.41 Å². The van der Waals surface area contributed by atoms with Gasteiger partial charge < -0.3 is 11.5 Å². The van der Waals surface area contributed by atoms with Gasteiger partial charge in [-0.3, -0.25) is 19.5 Å². The normalized spacial score (nSPS) is 3.43. The Morgan fingerprint density at radius 3 is 1.00 bits per heavy atom. The van der Waals surface area contributed by atoms with Gasteiger partial charge >= 0.3 is 0 Å². The molecule has 0 fully saturated rings. The van der Waals surface area contributed by atoms with Crippen molar-refractivity contribution in [3.63, 3.8) is 0 Å². The molecular formula is CH8F3N3. The van der Waals surface area contributed by atoms with Crippen molar-refractivity contribution in [2.45, 2.75) is 0 Å². The van der Waals surface area contributed by atoms with Gasteiger partial charge in [0.25, 0.3) is 0 Å². The molecule has 0 atom stereocenters. The molecule has 3 nitrogen and oxygen atoms in total. The Hall–Kier alpha value is -0.940. The largest absolute Gasteiger partial charge is 0.370 e. The van der Waals surface area contributed by atoms with Crippen LogP contribution in [0.15, 0.2) is 0 Å². The van der Waals surface area contributed by atoms with Crippen LogP contribution in [0.2, 0.25) is 0 Å². The maximum atomic E-state index is 6.06. The molecule has 0 unspecified atom stereocenters. The first-order valence-electron chi connectivity index (χ1n) is 0.827. The van der Waals surface area contributed by atoms with E-state index in [1.54, 1.807) is 0 Å². The van der Waals surface area contributed by atoms with E-state index in [9.17, 15) is 0 Å². The molecule has 0 aromatic heterocycles. The predicted octanol–water partition coefficient (Wildman–Crippen LogP) is -0.704. The Balaban J connectivity index is -0.0000000150. The minimum absolute atomic E-state index is 0. The van der Waals surface area contributed by atoms with Crippen molar-refractivity contribution in [3.8, 4) is 0 Å². The zero-order valence-electron chi connectivity index (χ0n) is 3.38. The summed E-state index contributed by atoms with van der Waals surface area (Å²) < 4.78 is 0. The van der Waals surface area contributed by atoms with Crippen LogP contribution in [0.1, 0.15) is 0 Å². The van der Waals surface area contributed by atoms with Gasteiger partial charge in [-0.25, -0.2) is 0 Å². The third-order valence-corrected chi connectivity index (χ3v) is 0. The van der Waals surface area contributed by atoms with Crippen LogP contribution in [0.3, 0.4) is 0 Å². The van der Waals surface area contributed by atoms with E-state index in [0.29, 0.717) is 0 Å². The van der Waals surface area contributed by atoms with Crippen molar-refractivity contribution in [3.05, 3.63) is 0 Å². The Bertz CT molecular complexity index is 33.2. The minimum Gasteiger partial charge on any atom is -0.370 e. The summed E-state index contributed by atoms with van der Waals surface area (Å²) in [5.74, 6) is -0.333. The van der Waals surface area contributed by atoms with Crippen molar-refractivity contribution in [2.24, 2.45) is 11.5 Å². The molecule has 5 N–H and O–H groups in total. The maximum Gasteiger partial charge on any atom is 0.183 e. The molecule has 0 amide bonds. The number of guanidine groups is 1. The van der Waals surface area contributed by atoms with Gasteiger partial charge in [-0.1, -0.05) is 0 Å². The first kappa shape index (κ1) is 36.6. The molecule has 0 saturated carbocycles. The molecule has 0 spiro atoms. The highest BCUT2D eigenvalue weighted by atomic mass is 19.0. The first-order chi connectivity index (χ1) is 1.73. The molecule has 0 aliphatic carbocycles. The van der Waals surface area contributed by atoms with Crippen molar-refractivity contribution < 1.29 is 14.1 Å². The van der Waals surface area contributed by atoms with Crippen molar-refractivity contribution in [1.29, 1.82) is 5.41 Å². The van der Waals surface area contributed by atoms with E-state index < -0.39 is 0 Å². The average Bonchev–Trinajstić information content (AvgIpc) is 0.811. The predicted molar refractivity (Wildman–Crippen MR) is 23.6 cm³/mol. The molecule has 0 aromatic rings. The Labute approximate surface area is 38.3 Å². The van der Waals surface area contributed by atoms with Gasteiger partial charge in [-0.05, 0) is 0 Å². The highest BCUT2D eigenvalue weighted by Crippen LogP contribution is 1.13. The molecule has 0 heterocycles. The number of nitrogens with two attached hydrogens (primary N) is 2. The van der Waals surface area contributed by atoms with Gasteiger partial charge in [0, 0.05) is 0 Å². The lowest BCUT2D eigenvalue weighted by Gasteiger charge is -1.69. The zero-order chi connectivity index (χ0) is 3.58. The fourth-order valence-electron chi connectivity index (χ4n) is 0. The first-order valence-corrected chi connectivity index (χ1v) is 0.827. The molecule has 0 saturated heterocycles. The molecule has 0 radical (unpaired) electrons. The van der Waals surface area contributed by atoms with Crippen LogP contribution >= 0.6 is 0 Å². The van der Waals surface area contributed by atoms with Crippen LogP contribution in [-0.2, 0) is 0 Å². The molecule has 0 bridgehead atoms. The lowest BCUT2D eigenvalue weighted by Crippen LogP contribution is -2.20. The quantitative estimate of drug-likeness (QED) is 0.291. The lowest BCUT2D eigenvalue weighted by atomic mass is 11.1.